The van der Waals surface area contributed by atoms with Crippen molar-refractivity contribution in [3.63, 3.8) is 0 Å². The minimum Gasteiger partial charge on any atom is -0.490 e. The van der Waals surface area contributed by atoms with Crippen molar-refractivity contribution in [3.05, 3.63) is 47.4 Å². The molecule has 35 heavy (non-hydrogen) atoms. The number of rotatable bonds is 8. The van der Waals surface area contributed by atoms with Gasteiger partial charge in [-0.3, -0.25) is 9.69 Å². The van der Waals surface area contributed by atoms with Crippen molar-refractivity contribution in [2.75, 3.05) is 46.6 Å². The predicted octanol–water partition coefficient (Wildman–Crippen LogP) is 3.28. The third-order valence-electron chi connectivity index (χ3n) is 5.99. The van der Waals surface area contributed by atoms with Crippen LogP contribution < -0.4 is 14.2 Å². The largest absolute Gasteiger partial charge is 0.490 e. The molecule has 2 aliphatic rings. The Morgan fingerprint density at radius 3 is 2.80 bits per heavy atom. The van der Waals surface area contributed by atoms with E-state index in [4.69, 9.17) is 18.9 Å². The minimum absolute atomic E-state index is 0.0557. The van der Waals surface area contributed by atoms with Gasteiger partial charge in [0.1, 0.15) is 11.9 Å². The van der Waals surface area contributed by atoms with E-state index in [1.54, 1.807) is 0 Å². The highest BCUT2D eigenvalue weighted by molar-refractivity contribution is 5.81. The number of nitrogens with zero attached hydrogens (tertiary/aromatic N) is 3. The molecule has 2 aliphatic heterocycles. The summed E-state index contributed by atoms with van der Waals surface area (Å²) in [6, 6.07) is 7.27. The number of halogens is 1. The van der Waals surface area contributed by atoms with Crippen molar-refractivity contribution < 1.29 is 28.1 Å². The number of hydrogen-bond acceptors (Lipinski definition) is 7. The van der Waals surface area contributed by atoms with Crippen molar-refractivity contribution in [3.8, 4) is 17.4 Å². The van der Waals surface area contributed by atoms with E-state index in [0.29, 0.717) is 69.9 Å². The van der Waals surface area contributed by atoms with E-state index in [1.165, 1.54) is 13.2 Å². The second kappa shape index (κ2) is 11.7. The van der Waals surface area contributed by atoms with Crippen LogP contribution in [0.5, 0.6) is 17.4 Å². The lowest BCUT2D eigenvalue weighted by molar-refractivity contribution is -0.151. The minimum atomic E-state index is -0.601. The van der Waals surface area contributed by atoms with Gasteiger partial charge in [-0.1, -0.05) is 19.9 Å². The van der Waals surface area contributed by atoms with Crippen molar-refractivity contribution in [2.24, 2.45) is 5.92 Å². The predicted molar refractivity (Wildman–Crippen MR) is 128 cm³/mol. The average Bonchev–Trinajstić information content (AvgIpc) is 3.08. The number of carbonyl (C=O) groups excluding carboxylic acids is 1. The first-order chi connectivity index (χ1) is 16.9. The molecule has 1 amide bonds. The van der Waals surface area contributed by atoms with Gasteiger partial charge in [-0.15, -0.1) is 0 Å². The zero-order chi connectivity index (χ0) is 24.8. The molecule has 1 aromatic heterocycles. The summed E-state index contributed by atoms with van der Waals surface area (Å²) in [5, 5.41) is 0. The Hall–Kier alpha value is -2.91. The van der Waals surface area contributed by atoms with Gasteiger partial charge in [0, 0.05) is 44.7 Å². The van der Waals surface area contributed by atoms with E-state index in [2.05, 4.69) is 23.7 Å². The Balaban J connectivity index is 1.45. The third-order valence-corrected chi connectivity index (χ3v) is 5.99. The summed E-state index contributed by atoms with van der Waals surface area (Å²) in [6.07, 6.45) is 1.38. The van der Waals surface area contributed by atoms with Crippen LogP contribution in [-0.2, 0) is 22.6 Å². The molecule has 190 valence electrons. The van der Waals surface area contributed by atoms with Gasteiger partial charge >= 0.3 is 0 Å². The van der Waals surface area contributed by atoms with E-state index < -0.39 is 11.9 Å². The zero-order valence-electron chi connectivity index (χ0n) is 20.7. The van der Waals surface area contributed by atoms with Crippen LogP contribution in [-0.4, -0.2) is 73.4 Å². The number of aromatic nitrogens is 1. The monoisotopic (exact) mass is 487 g/mol. The normalized spacial score (nSPS) is 18.3. The average molecular weight is 488 g/mol. The number of morpholine rings is 1. The number of methoxy groups -OCH3 is 1. The van der Waals surface area contributed by atoms with Crippen LogP contribution >= 0.6 is 0 Å². The van der Waals surface area contributed by atoms with Gasteiger partial charge in [0.25, 0.3) is 5.91 Å². The Labute approximate surface area is 205 Å². The molecule has 1 atom stereocenters. The van der Waals surface area contributed by atoms with Gasteiger partial charge < -0.3 is 23.8 Å². The van der Waals surface area contributed by atoms with Crippen LogP contribution in [0.25, 0.3) is 0 Å². The molecule has 1 fully saturated rings. The molecule has 0 aliphatic carbocycles. The fraction of sp³-hybridized carbons (Fsp3) is 0.538. The molecule has 0 bridgehead atoms. The zero-order valence-corrected chi connectivity index (χ0v) is 20.7. The topological polar surface area (TPSA) is 73.4 Å². The third kappa shape index (κ3) is 6.61. The molecule has 1 aromatic carbocycles. The molecule has 0 radical (unpaired) electrons. The molecule has 8 nitrogen and oxygen atoms in total. The first-order valence-corrected chi connectivity index (χ1v) is 12.1. The van der Waals surface area contributed by atoms with E-state index in [-0.39, 0.29) is 5.91 Å². The lowest BCUT2D eigenvalue weighted by atomic mass is 10.1. The van der Waals surface area contributed by atoms with Crippen molar-refractivity contribution in [1.29, 1.82) is 0 Å². The van der Waals surface area contributed by atoms with Gasteiger partial charge in [-0.2, -0.15) is 0 Å². The van der Waals surface area contributed by atoms with E-state index in [0.717, 1.165) is 29.7 Å². The van der Waals surface area contributed by atoms with Gasteiger partial charge in [-0.25, -0.2) is 9.37 Å². The van der Waals surface area contributed by atoms with Gasteiger partial charge in [0.05, 0.1) is 33.1 Å². The molecule has 2 aromatic rings. The fourth-order valence-corrected chi connectivity index (χ4v) is 4.41. The Bertz CT molecular complexity index is 1020. The van der Waals surface area contributed by atoms with Crippen molar-refractivity contribution >= 4 is 5.91 Å². The van der Waals surface area contributed by atoms with E-state index in [1.807, 2.05) is 23.1 Å². The maximum atomic E-state index is 13.8. The highest BCUT2D eigenvalue weighted by atomic mass is 19.1. The molecule has 9 heteroatoms. The highest BCUT2D eigenvalue weighted by Crippen LogP contribution is 2.31. The molecular formula is C26H34FN3O5. The maximum Gasteiger partial charge on any atom is 0.253 e. The summed E-state index contributed by atoms with van der Waals surface area (Å²) in [5.41, 5.74) is 1.62. The molecule has 1 unspecified atom stereocenters. The molecule has 0 N–H and O–H groups in total. The number of ether oxygens (including phenoxy) is 4. The lowest BCUT2D eigenvalue weighted by Crippen LogP contribution is -2.51. The molecule has 4 rings (SSSR count). The summed E-state index contributed by atoms with van der Waals surface area (Å²) in [4.78, 5) is 21.5. The SMILES string of the molecule is COc1ncc(F)cc1CN1CCOC(C(=O)N(Cc2ccc3c(c2)OCCCO3)CC(C)C)C1. The van der Waals surface area contributed by atoms with E-state index >= 15 is 0 Å². The Kier molecular flexibility index (Phi) is 8.41. The molecule has 1 saturated heterocycles. The number of benzene rings is 1. The summed E-state index contributed by atoms with van der Waals surface area (Å²) >= 11 is 0. The number of hydrogen-bond donors (Lipinski definition) is 0. The van der Waals surface area contributed by atoms with Gasteiger partial charge in [-0.05, 0) is 29.7 Å². The summed E-state index contributed by atoms with van der Waals surface area (Å²) < 4.78 is 36.5. The first-order valence-electron chi connectivity index (χ1n) is 12.1. The first kappa shape index (κ1) is 25.2. The molecular weight excluding hydrogens is 453 g/mol. The van der Waals surface area contributed by atoms with Crippen LogP contribution in [0.15, 0.2) is 30.5 Å². The highest BCUT2D eigenvalue weighted by Gasteiger charge is 2.31. The standard InChI is InChI=1S/C26H34FN3O5/c1-18(2)14-30(15-19-5-6-22-23(11-19)34-9-4-8-33-22)26(31)24-17-29(7-10-35-24)16-20-12-21(27)13-28-25(20)32-3/h5-6,11-13,18,24H,4,7-10,14-17H2,1-3H3. The quantitative estimate of drug-likeness (QED) is 0.566. The molecule has 0 saturated carbocycles. The number of fused-ring (bicyclic) bond motifs is 1. The number of pyridine rings is 1. The second-order valence-electron chi connectivity index (χ2n) is 9.36. The van der Waals surface area contributed by atoms with Gasteiger partial charge in [0.15, 0.2) is 11.5 Å². The van der Waals surface area contributed by atoms with Crippen LogP contribution in [0.3, 0.4) is 0 Å². The summed E-state index contributed by atoms with van der Waals surface area (Å²) in [6.45, 7) is 8.37. The molecule has 0 spiro atoms. The molecule has 3 heterocycles. The summed E-state index contributed by atoms with van der Waals surface area (Å²) in [7, 11) is 1.51. The summed E-state index contributed by atoms with van der Waals surface area (Å²) in [5.74, 6) is 1.66. The van der Waals surface area contributed by atoms with Crippen molar-refractivity contribution in [2.45, 2.75) is 39.5 Å². The van der Waals surface area contributed by atoms with Crippen LogP contribution in [0.4, 0.5) is 4.39 Å². The maximum absolute atomic E-state index is 13.8. The fourth-order valence-electron chi connectivity index (χ4n) is 4.41. The van der Waals surface area contributed by atoms with Crippen LogP contribution in [0.1, 0.15) is 31.4 Å². The van der Waals surface area contributed by atoms with Crippen molar-refractivity contribution in [1.82, 2.24) is 14.8 Å². The number of carbonyl (C=O) groups is 1. The number of amides is 1. The van der Waals surface area contributed by atoms with E-state index in [9.17, 15) is 9.18 Å². The smallest absolute Gasteiger partial charge is 0.253 e. The van der Waals surface area contributed by atoms with Crippen LogP contribution in [0, 0.1) is 11.7 Å². The van der Waals surface area contributed by atoms with Crippen LogP contribution in [0.2, 0.25) is 0 Å². The van der Waals surface area contributed by atoms with Gasteiger partial charge in [0.2, 0.25) is 5.88 Å². The Morgan fingerprint density at radius 2 is 2.03 bits per heavy atom. The second-order valence-corrected chi connectivity index (χ2v) is 9.36. The lowest BCUT2D eigenvalue weighted by Gasteiger charge is -2.35. The Morgan fingerprint density at radius 1 is 1.23 bits per heavy atom.